The summed E-state index contributed by atoms with van der Waals surface area (Å²) in [6, 6.07) is 28.4. The fourth-order valence-corrected chi connectivity index (χ4v) is 2.10. The predicted octanol–water partition coefficient (Wildman–Crippen LogP) is 4.61. The van der Waals surface area contributed by atoms with Crippen molar-refractivity contribution in [3.8, 4) is 0 Å². The second-order valence-corrected chi connectivity index (χ2v) is 4.92. The second-order valence-electron chi connectivity index (χ2n) is 4.92. The summed E-state index contributed by atoms with van der Waals surface area (Å²) in [4.78, 5) is 14.1. The summed E-state index contributed by atoms with van der Waals surface area (Å²) in [6.45, 7) is 0. The van der Waals surface area contributed by atoms with Gasteiger partial charge in [-0.1, -0.05) is 24.3 Å². The van der Waals surface area contributed by atoms with Crippen LogP contribution < -0.4 is 0 Å². The van der Waals surface area contributed by atoms with E-state index in [-0.39, 0.29) is 21.1 Å². The van der Waals surface area contributed by atoms with E-state index < -0.39 is 0 Å². The van der Waals surface area contributed by atoms with E-state index in [0.29, 0.717) is 0 Å². The molecule has 0 unspecified atom stereocenters. The quantitative estimate of drug-likeness (QED) is 0.300. The standard InChI is InChI=1S/2C7H6N2.C6H5.Pt/c2*1-2-4-7-6(3-1)8-5-9-7;1-2-4-6-5-3-1;/h2*1-5H,(H,8,9);1-5H;/q;;-1;+2. The minimum atomic E-state index is 0. The molecular weight excluding hydrogens is 491 g/mol. The molecule has 0 aliphatic heterocycles. The average Bonchev–Trinajstić information content (AvgIpc) is 3.33. The largest absolute Gasteiger partial charge is 2.00 e. The number of nitrogens with zero attached hydrogens (tertiary/aromatic N) is 2. The molecule has 4 nitrogen and oxygen atoms in total. The van der Waals surface area contributed by atoms with Crippen molar-refractivity contribution in [3.63, 3.8) is 0 Å². The van der Waals surface area contributed by atoms with E-state index in [1.807, 2.05) is 78.9 Å². The van der Waals surface area contributed by atoms with Crippen LogP contribution in [0.4, 0.5) is 0 Å². The Morgan fingerprint density at radius 3 is 1.44 bits per heavy atom. The maximum atomic E-state index is 4.06. The van der Waals surface area contributed by atoms with Gasteiger partial charge in [0.2, 0.25) is 0 Å². The fraction of sp³-hybridized carbons (Fsp3) is 0. The zero-order chi connectivity index (χ0) is 16.5. The first kappa shape index (κ1) is 18.6. The number of benzene rings is 3. The molecule has 2 heterocycles. The smallest absolute Gasteiger partial charge is 0.345 e. The van der Waals surface area contributed by atoms with Crippen LogP contribution in [0.1, 0.15) is 0 Å². The number of aromatic nitrogens is 4. The Hall–Kier alpha value is -2.71. The SMILES string of the molecule is [Pt+2].[c-]1ccccc1.c1ccc2[nH]cnc2c1.c1ccc2[nH]cnc2c1. The molecule has 0 fully saturated rings. The van der Waals surface area contributed by atoms with E-state index in [4.69, 9.17) is 0 Å². The molecule has 5 aromatic rings. The van der Waals surface area contributed by atoms with Crippen molar-refractivity contribution in [2.24, 2.45) is 0 Å². The minimum Gasteiger partial charge on any atom is -0.345 e. The normalized spacial score (nSPS) is 9.28. The van der Waals surface area contributed by atoms with E-state index in [9.17, 15) is 0 Å². The summed E-state index contributed by atoms with van der Waals surface area (Å²) < 4.78 is 0. The molecule has 2 N–H and O–H groups in total. The molecule has 5 rings (SSSR count). The topological polar surface area (TPSA) is 57.4 Å². The van der Waals surface area contributed by atoms with Gasteiger partial charge in [0.25, 0.3) is 0 Å². The van der Waals surface area contributed by atoms with E-state index in [1.54, 1.807) is 12.7 Å². The number of imidazole rings is 2. The molecule has 3 aromatic carbocycles. The van der Waals surface area contributed by atoms with Crippen LogP contribution >= 0.6 is 0 Å². The maximum absolute atomic E-state index is 4.06. The zero-order valence-corrected chi connectivity index (χ0v) is 15.6. The first-order chi connectivity index (χ1) is 11.9. The van der Waals surface area contributed by atoms with Crippen LogP contribution in [0.25, 0.3) is 22.1 Å². The molecule has 2 aromatic heterocycles. The van der Waals surface area contributed by atoms with Gasteiger partial charge in [0.15, 0.2) is 0 Å². The number of nitrogens with one attached hydrogen (secondary N) is 2. The van der Waals surface area contributed by atoms with Crippen LogP contribution in [0.15, 0.2) is 91.5 Å². The zero-order valence-electron chi connectivity index (χ0n) is 13.4. The van der Waals surface area contributed by atoms with Crippen molar-refractivity contribution in [2.75, 3.05) is 0 Å². The Labute approximate surface area is 160 Å². The number of rotatable bonds is 0. The number of hydrogen-bond acceptors (Lipinski definition) is 2. The number of aromatic amines is 2. The van der Waals surface area contributed by atoms with Crippen LogP contribution in [-0.2, 0) is 21.1 Å². The summed E-state index contributed by atoms with van der Waals surface area (Å²) in [7, 11) is 0. The summed E-state index contributed by atoms with van der Waals surface area (Å²) in [5, 5.41) is 0. The van der Waals surface area contributed by atoms with Gasteiger partial charge in [-0.3, -0.25) is 0 Å². The first-order valence-electron chi connectivity index (χ1n) is 7.61. The van der Waals surface area contributed by atoms with Crippen molar-refractivity contribution >= 4 is 22.1 Å². The van der Waals surface area contributed by atoms with Gasteiger partial charge >= 0.3 is 21.1 Å². The molecule has 25 heavy (non-hydrogen) atoms. The number of fused-ring (bicyclic) bond motifs is 2. The van der Waals surface area contributed by atoms with Crippen molar-refractivity contribution in [1.29, 1.82) is 0 Å². The van der Waals surface area contributed by atoms with Gasteiger partial charge in [-0.25, -0.2) is 9.97 Å². The third-order valence-electron chi connectivity index (χ3n) is 3.26. The van der Waals surface area contributed by atoms with Gasteiger partial charge < -0.3 is 9.97 Å². The average molecular weight is 508 g/mol. The van der Waals surface area contributed by atoms with Crippen LogP contribution in [0.2, 0.25) is 0 Å². The van der Waals surface area contributed by atoms with Crippen molar-refractivity contribution in [3.05, 3.63) is 97.6 Å². The van der Waals surface area contributed by atoms with E-state index in [2.05, 4.69) is 26.0 Å². The van der Waals surface area contributed by atoms with E-state index >= 15 is 0 Å². The van der Waals surface area contributed by atoms with Crippen LogP contribution in [0.5, 0.6) is 0 Å². The third-order valence-corrected chi connectivity index (χ3v) is 3.26. The molecule has 0 spiro atoms. The number of hydrogen-bond donors (Lipinski definition) is 2. The van der Waals surface area contributed by atoms with Crippen molar-refractivity contribution < 1.29 is 21.1 Å². The summed E-state index contributed by atoms with van der Waals surface area (Å²) >= 11 is 0. The molecule has 0 atom stereocenters. The Kier molecular flexibility index (Phi) is 7.61. The van der Waals surface area contributed by atoms with Gasteiger partial charge in [-0.2, -0.15) is 36.4 Å². The molecular formula is C20H17N4Pt+. The molecule has 0 saturated carbocycles. The molecule has 126 valence electrons. The van der Waals surface area contributed by atoms with E-state index in [1.165, 1.54) is 0 Å². The first-order valence-corrected chi connectivity index (χ1v) is 7.61. The van der Waals surface area contributed by atoms with Gasteiger partial charge in [0, 0.05) is 0 Å². The Morgan fingerprint density at radius 2 is 1.08 bits per heavy atom. The maximum Gasteiger partial charge on any atom is 2.00 e. The molecule has 0 amide bonds. The molecule has 0 radical (unpaired) electrons. The molecule has 0 saturated heterocycles. The Bertz CT molecular complexity index is 823. The monoisotopic (exact) mass is 508 g/mol. The molecule has 0 bridgehead atoms. The van der Waals surface area contributed by atoms with Crippen LogP contribution in [0, 0.1) is 6.07 Å². The predicted molar refractivity (Wildman–Crippen MR) is 97.5 cm³/mol. The number of para-hydroxylation sites is 4. The van der Waals surface area contributed by atoms with Gasteiger partial charge in [-0.05, 0) is 24.3 Å². The molecule has 5 heteroatoms. The van der Waals surface area contributed by atoms with Crippen LogP contribution in [0.3, 0.4) is 0 Å². The molecule has 0 aliphatic rings. The summed E-state index contributed by atoms with van der Waals surface area (Å²) in [5.74, 6) is 0. The minimum absolute atomic E-state index is 0. The number of H-pyrrole nitrogens is 2. The van der Waals surface area contributed by atoms with E-state index in [0.717, 1.165) is 22.1 Å². The van der Waals surface area contributed by atoms with Crippen molar-refractivity contribution in [1.82, 2.24) is 19.9 Å². The summed E-state index contributed by atoms with van der Waals surface area (Å²) in [5.41, 5.74) is 4.24. The molecule has 0 aliphatic carbocycles. The second kappa shape index (κ2) is 10.2. The van der Waals surface area contributed by atoms with Crippen LogP contribution in [-0.4, -0.2) is 19.9 Å². The van der Waals surface area contributed by atoms with Gasteiger partial charge in [0.1, 0.15) is 0 Å². The van der Waals surface area contributed by atoms with Gasteiger partial charge in [-0.15, -0.1) is 0 Å². The van der Waals surface area contributed by atoms with Crippen molar-refractivity contribution in [2.45, 2.75) is 0 Å². The fourth-order valence-electron chi connectivity index (χ4n) is 2.10. The summed E-state index contributed by atoms with van der Waals surface area (Å²) in [6.07, 6.45) is 3.40. The third kappa shape index (κ3) is 5.70. The Balaban J connectivity index is 0.000000136. The van der Waals surface area contributed by atoms with Gasteiger partial charge in [0.05, 0.1) is 34.7 Å². The Morgan fingerprint density at radius 1 is 0.600 bits per heavy atom.